The van der Waals surface area contributed by atoms with Crippen LogP contribution in [0.2, 0.25) is 0 Å². The van der Waals surface area contributed by atoms with Crippen molar-refractivity contribution >= 4 is 5.70 Å². The zero-order valence-corrected chi connectivity index (χ0v) is 10.4. The Morgan fingerprint density at radius 1 is 1.35 bits per heavy atom. The van der Waals surface area contributed by atoms with Gasteiger partial charge in [0.05, 0.1) is 0 Å². The number of pyridine rings is 1. The van der Waals surface area contributed by atoms with Crippen LogP contribution in [0.5, 0.6) is 0 Å². The van der Waals surface area contributed by atoms with Crippen molar-refractivity contribution in [3.05, 3.63) is 36.2 Å². The SMILES string of the molecule is C=C(N[C@H](C)C(C)C)c1ccnc(C(F)F)c1. The first-order chi connectivity index (χ1) is 7.91. The molecule has 0 bridgehead atoms. The van der Waals surface area contributed by atoms with Crippen LogP contribution < -0.4 is 5.32 Å². The van der Waals surface area contributed by atoms with E-state index in [1.165, 1.54) is 12.3 Å². The topological polar surface area (TPSA) is 24.9 Å². The summed E-state index contributed by atoms with van der Waals surface area (Å²) in [6, 6.07) is 3.28. The normalized spacial score (nSPS) is 12.9. The minimum Gasteiger partial charge on any atom is -0.382 e. The second kappa shape index (κ2) is 5.75. The smallest absolute Gasteiger partial charge is 0.280 e. The molecule has 17 heavy (non-hydrogen) atoms. The van der Waals surface area contributed by atoms with Crippen molar-refractivity contribution in [2.45, 2.75) is 33.2 Å². The lowest BCUT2D eigenvalue weighted by Gasteiger charge is -2.20. The Bertz CT molecular complexity index is 389. The standard InChI is InChI=1S/C13H18F2N2/c1-8(2)9(3)17-10(4)11-5-6-16-12(7-11)13(14)15/h5-9,13,17H,4H2,1-3H3/t9-/m1/s1. The number of halogens is 2. The highest BCUT2D eigenvalue weighted by Gasteiger charge is 2.12. The maximum atomic E-state index is 12.5. The van der Waals surface area contributed by atoms with Crippen molar-refractivity contribution in [3.8, 4) is 0 Å². The molecule has 0 radical (unpaired) electrons. The van der Waals surface area contributed by atoms with Gasteiger partial charge in [0.15, 0.2) is 0 Å². The van der Waals surface area contributed by atoms with E-state index in [0.29, 0.717) is 17.2 Å². The summed E-state index contributed by atoms with van der Waals surface area (Å²) in [4.78, 5) is 3.62. The first kappa shape index (κ1) is 13.6. The molecule has 0 unspecified atom stereocenters. The average Bonchev–Trinajstić information content (AvgIpc) is 2.28. The lowest BCUT2D eigenvalue weighted by Crippen LogP contribution is -2.29. The molecule has 94 valence electrons. The third-order valence-electron chi connectivity index (χ3n) is 2.76. The molecule has 1 aromatic rings. The molecule has 0 amide bonds. The molecule has 0 saturated carbocycles. The quantitative estimate of drug-likeness (QED) is 0.850. The predicted octanol–water partition coefficient (Wildman–Crippen LogP) is 3.62. The lowest BCUT2D eigenvalue weighted by molar-refractivity contribution is 0.146. The second-order valence-electron chi connectivity index (χ2n) is 4.43. The highest BCUT2D eigenvalue weighted by Crippen LogP contribution is 2.19. The van der Waals surface area contributed by atoms with Gasteiger partial charge in [-0.15, -0.1) is 0 Å². The third kappa shape index (κ3) is 3.80. The summed E-state index contributed by atoms with van der Waals surface area (Å²) in [5.74, 6) is 0.447. The van der Waals surface area contributed by atoms with Gasteiger partial charge in [-0.25, -0.2) is 8.78 Å². The number of rotatable bonds is 5. The number of alkyl halides is 2. The molecule has 1 atom stereocenters. The Kier molecular flexibility index (Phi) is 4.61. The number of aromatic nitrogens is 1. The fourth-order valence-corrected chi connectivity index (χ4v) is 1.28. The van der Waals surface area contributed by atoms with Gasteiger partial charge in [-0.1, -0.05) is 20.4 Å². The zero-order valence-electron chi connectivity index (χ0n) is 10.4. The van der Waals surface area contributed by atoms with Crippen molar-refractivity contribution in [3.63, 3.8) is 0 Å². The summed E-state index contributed by atoms with van der Waals surface area (Å²) in [7, 11) is 0. The molecular formula is C13H18F2N2. The molecule has 1 rings (SSSR count). The van der Waals surface area contributed by atoms with E-state index >= 15 is 0 Å². The van der Waals surface area contributed by atoms with Crippen LogP contribution in [0.1, 0.15) is 38.5 Å². The minimum absolute atomic E-state index is 0.220. The fraction of sp³-hybridized carbons (Fsp3) is 0.462. The molecule has 1 heterocycles. The summed E-state index contributed by atoms with van der Waals surface area (Å²) in [6.45, 7) is 10.1. The van der Waals surface area contributed by atoms with E-state index in [0.717, 1.165) is 0 Å². The van der Waals surface area contributed by atoms with E-state index in [4.69, 9.17) is 0 Å². The Labute approximate surface area is 101 Å². The minimum atomic E-state index is -2.55. The van der Waals surface area contributed by atoms with Crippen LogP contribution in [0, 0.1) is 5.92 Å². The molecule has 0 fully saturated rings. The molecule has 0 aliphatic rings. The second-order valence-corrected chi connectivity index (χ2v) is 4.43. The van der Waals surface area contributed by atoms with Crippen molar-refractivity contribution in [2.24, 2.45) is 5.92 Å². The van der Waals surface area contributed by atoms with Crippen molar-refractivity contribution in [2.75, 3.05) is 0 Å². The van der Waals surface area contributed by atoms with Crippen molar-refractivity contribution in [1.29, 1.82) is 0 Å². The summed E-state index contributed by atoms with van der Waals surface area (Å²) in [5.41, 5.74) is 1.08. The van der Waals surface area contributed by atoms with Crippen LogP contribution in [0.4, 0.5) is 8.78 Å². The van der Waals surface area contributed by atoms with Crippen LogP contribution in [0.15, 0.2) is 24.9 Å². The van der Waals surface area contributed by atoms with Gasteiger partial charge < -0.3 is 5.32 Å². The third-order valence-corrected chi connectivity index (χ3v) is 2.76. The monoisotopic (exact) mass is 240 g/mol. The van der Waals surface area contributed by atoms with Crippen molar-refractivity contribution < 1.29 is 8.78 Å². The molecule has 0 aromatic carbocycles. The number of hydrogen-bond acceptors (Lipinski definition) is 2. The van der Waals surface area contributed by atoms with Gasteiger partial charge in [0.25, 0.3) is 6.43 Å². The highest BCUT2D eigenvalue weighted by molar-refractivity contribution is 5.61. The lowest BCUT2D eigenvalue weighted by atomic mass is 10.1. The van der Waals surface area contributed by atoms with Gasteiger partial charge in [0, 0.05) is 23.5 Å². The molecule has 2 nitrogen and oxygen atoms in total. The average molecular weight is 240 g/mol. The molecule has 1 aromatic heterocycles. The molecular weight excluding hydrogens is 222 g/mol. The molecule has 0 aliphatic heterocycles. The largest absolute Gasteiger partial charge is 0.382 e. The van der Waals surface area contributed by atoms with E-state index < -0.39 is 6.43 Å². The van der Waals surface area contributed by atoms with Gasteiger partial charge in [-0.2, -0.15) is 0 Å². The van der Waals surface area contributed by atoms with E-state index in [1.54, 1.807) is 6.07 Å². The Balaban J connectivity index is 2.79. The van der Waals surface area contributed by atoms with Gasteiger partial charge >= 0.3 is 0 Å². The molecule has 0 spiro atoms. The van der Waals surface area contributed by atoms with Gasteiger partial charge in [-0.05, 0) is 25.0 Å². The van der Waals surface area contributed by atoms with Crippen LogP contribution >= 0.6 is 0 Å². The van der Waals surface area contributed by atoms with Crippen LogP contribution in [-0.2, 0) is 0 Å². The summed E-state index contributed by atoms with van der Waals surface area (Å²) < 4.78 is 25.0. The van der Waals surface area contributed by atoms with Crippen LogP contribution in [0.3, 0.4) is 0 Å². The van der Waals surface area contributed by atoms with Gasteiger partial charge in [0.1, 0.15) is 5.69 Å². The van der Waals surface area contributed by atoms with E-state index in [1.807, 2.05) is 6.92 Å². The maximum absolute atomic E-state index is 12.5. The maximum Gasteiger partial charge on any atom is 0.280 e. The summed E-state index contributed by atoms with van der Waals surface area (Å²) >= 11 is 0. The fourth-order valence-electron chi connectivity index (χ4n) is 1.28. The van der Waals surface area contributed by atoms with Crippen LogP contribution in [0.25, 0.3) is 5.70 Å². The molecule has 0 saturated heterocycles. The Morgan fingerprint density at radius 3 is 2.53 bits per heavy atom. The first-order valence-corrected chi connectivity index (χ1v) is 5.61. The number of nitrogens with one attached hydrogen (secondary N) is 1. The zero-order chi connectivity index (χ0) is 13.0. The molecule has 0 aliphatic carbocycles. The first-order valence-electron chi connectivity index (χ1n) is 5.61. The summed E-state index contributed by atoms with van der Waals surface area (Å²) in [6.07, 6.45) is -1.17. The molecule has 1 N–H and O–H groups in total. The number of nitrogens with zero attached hydrogens (tertiary/aromatic N) is 1. The highest BCUT2D eigenvalue weighted by atomic mass is 19.3. The molecule has 4 heteroatoms. The van der Waals surface area contributed by atoms with E-state index in [2.05, 4.69) is 30.7 Å². The Hall–Kier alpha value is -1.45. The van der Waals surface area contributed by atoms with Gasteiger partial charge in [0.2, 0.25) is 0 Å². The van der Waals surface area contributed by atoms with Crippen LogP contribution in [-0.4, -0.2) is 11.0 Å². The predicted molar refractivity (Wildman–Crippen MR) is 65.7 cm³/mol. The summed E-state index contributed by atoms with van der Waals surface area (Å²) in [5, 5.41) is 3.19. The Morgan fingerprint density at radius 2 is 2.00 bits per heavy atom. The number of hydrogen-bond donors (Lipinski definition) is 1. The van der Waals surface area contributed by atoms with Crippen molar-refractivity contribution in [1.82, 2.24) is 10.3 Å². The van der Waals surface area contributed by atoms with E-state index in [-0.39, 0.29) is 11.7 Å². The van der Waals surface area contributed by atoms with E-state index in [9.17, 15) is 8.78 Å². The van der Waals surface area contributed by atoms with Gasteiger partial charge in [-0.3, -0.25) is 4.98 Å².